The van der Waals surface area contributed by atoms with Crippen molar-refractivity contribution in [3.8, 4) is 57.1 Å². The minimum absolute atomic E-state index is 0.695. The van der Waals surface area contributed by atoms with Crippen molar-refractivity contribution < 1.29 is 9.47 Å². The molecule has 10 heteroatoms. The van der Waals surface area contributed by atoms with E-state index in [9.17, 15) is 0 Å². The summed E-state index contributed by atoms with van der Waals surface area (Å²) >= 11 is 0. The first-order valence-corrected chi connectivity index (χ1v) is 20.8. The molecule has 0 saturated carbocycles. The summed E-state index contributed by atoms with van der Waals surface area (Å²) in [7, 11) is 6.17. The summed E-state index contributed by atoms with van der Waals surface area (Å²) in [6, 6.07) is 51.4. The molecule has 0 N–H and O–H groups in total. The van der Waals surface area contributed by atoms with Gasteiger partial charge in [-0.2, -0.15) is 0 Å². The molecule has 0 radical (unpaired) electrons. The number of hydrogen-bond donors (Lipinski definition) is 0. The number of rotatable bonds is 8. The van der Waals surface area contributed by atoms with E-state index >= 15 is 0 Å². The average molecular weight is 819 g/mol. The van der Waals surface area contributed by atoms with E-state index in [0.29, 0.717) is 11.5 Å². The number of pyridine rings is 2. The Bertz CT molecular complexity index is 3590. The van der Waals surface area contributed by atoms with E-state index < -0.39 is 0 Å². The van der Waals surface area contributed by atoms with Crippen LogP contribution in [0, 0.1) is 0 Å². The molecular formula is C53H38N8O2. The minimum atomic E-state index is 0.695. The van der Waals surface area contributed by atoms with Gasteiger partial charge in [-0.15, -0.1) is 0 Å². The van der Waals surface area contributed by atoms with Crippen molar-refractivity contribution in [3.63, 3.8) is 0 Å². The van der Waals surface area contributed by atoms with Crippen molar-refractivity contribution in [2.24, 2.45) is 0 Å². The molecule has 0 saturated heterocycles. The molecule has 1 aliphatic heterocycles. The van der Waals surface area contributed by atoms with Crippen LogP contribution >= 0.6 is 0 Å². The fourth-order valence-corrected chi connectivity index (χ4v) is 9.02. The van der Waals surface area contributed by atoms with Crippen LogP contribution in [-0.4, -0.2) is 50.2 Å². The number of para-hydroxylation sites is 2. The Morgan fingerprint density at radius 1 is 0.444 bits per heavy atom. The lowest BCUT2D eigenvalue weighted by molar-refractivity contribution is 0.483. The molecule has 0 spiro atoms. The molecule has 0 aliphatic carbocycles. The number of hydrogen-bond acceptors (Lipinski definition) is 8. The fourth-order valence-electron chi connectivity index (χ4n) is 9.02. The van der Waals surface area contributed by atoms with Gasteiger partial charge in [-0.25, -0.2) is 9.97 Å². The smallest absolute Gasteiger partial charge is 0.161 e. The lowest BCUT2D eigenvalue weighted by Crippen LogP contribution is -2.18. The number of fused-ring (bicyclic) bond motifs is 8. The highest BCUT2D eigenvalue weighted by Gasteiger charge is 2.26. The molecule has 5 aromatic heterocycles. The zero-order chi connectivity index (χ0) is 42.2. The summed E-state index contributed by atoms with van der Waals surface area (Å²) < 4.78 is 17.5. The molecule has 6 aromatic carbocycles. The van der Waals surface area contributed by atoms with Crippen LogP contribution in [0.5, 0.6) is 23.0 Å². The van der Waals surface area contributed by atoms with Gasteiger partial charge in [-0.05, 0) is 84.9 Å². The maximum Gasteiger partial charge on any atom is 0.161 e. The third kappa shape index (κ3) is 5.94. The van der Waals surface area contributed by atoms with Crippen LogP contribution in [0.25, 0.3) is 77.8 Å². The van der Waals surface area contributed by atoms with Crippen molar-refractivity contribution in [1.82, 2.24) is 29.1 Å². The molecule has 0 atom stereocenters. The molecule has 6 heterocycles. The van der Waals surface area contributed by atoms with Gasteiger partial charge in [-0.1, -0.05) is 54.6 Å². The van der Waals surface area contributed by atoms with E-state index in [-0.39, 0.29) is 0 Å². The molecular weight excluding hydrogens is 781 g/mol. The zero-order valence-corrected chi connectivity index (χ0v) is 34.6. The van der Waals surface area contributed by atoms with Gasteiger partial charge in [0.15, 0.2) is 11.6 Å². The van der Waals surface area contributed by atoms with Crippen LogP contribution < -0.4 is 19.3 Å². The standard InChI is InChI=1S/C53H38N8O2/c1-58(2)47-19-9-25-54-52(47)60-45-17-5-4-15-39(45)40-23-21-37(29-49(40)60)62-35-13-6-11-33(27-35)43-31-57-44(32-56-43)34-12-7-14-36(28-34)63-38-22-24-41-42-16-8-18-46-51(42)61(50(41)30-38)53-48(59(46)3)20-10-26-55-53/h4-32H,1-3H3. The lowest BCUT2D eigenvalue weighted by Gasteiger charge is -2.28. The first-order chi connectivity index (χ1) is 31.0. The Hall–Kier alpha value is -8.50. The van der Waals surface area contributed by atoms with Crippen LogP contribution in [-0.2, 0) is 0 Å². The first kappa shape index (κ1) is 36.4. The highest BCUT2D eigenvalue weighted by Crippen LogP contribution is 2.46. The van der Waals surface area contributed by atoms with Crippen molar-refractivity contribution in [3.05, 3.63) is 176 Å². The molecule has 302 valence electrons. The van der Waals surface area contributed by atoms with Crippen molar-refractivity contribution in [1.29, 1.82) is 0 Å². The van der Waals surface area contributed by atoms with Crippen LogP contribution in [0.1, 0.15) is 0 Å². The highest BCUT2D eigenvalue weighted by molar-refractivity contribution is 6.15. The molecule has 0 unspecified atom stereocenters. The quantitative estimate of drug-likeness (QED) is 0.150. The molecule has 11 aromatic rings. The van der Waals surface area contributed by atoms with E-state index in [0.717, 1.165) is 101 Å². The average Bonchev–Trinajstić information content (AvgIpc) is 3.83. The van der Waals surface area contributed by atoms with E-state index in [2.05, 4.69) is 105 Å². The predicted octanol–water partition coefficient (Wildman–Crippen LogP) is 12.5. The first-order valence-electron chi connectivity index (χ1n) is 20.8. The lowest BCUT2D eigenvalue weighted by atomic mass is 10.1. The number of ether oxygens (including phenoxy) is 2. The zero-order valence-electron chi connectivity index (χ0n) is 34.6. The van der Waals surface area contributed by atoms with Gasteiger partial charge < -0.3 is 19.3 Å². The monoisotopic (exact) mass is 818 g/mol. The maximum atomic E-state index is 6.54. The van der Waals surface area contributed by atoms with E-state index in [4.69, 9.17) is 29.4 Å². The predicted molar refractivity (Wildman–Crippen MR) is 253 cm³/mol. The van der Waals surface area contributed by atoms with Crippen LogP contribution in [0.4, 0.5) is 17.1 Å². The second kappa shape index (κ2) is 14.3. The van der Waals surface area contributed by atoms with Crippen LogP contribution in [0.3, 0.4) is 0 Å². The molecule has 63 heavy (non-hydrogen) atoms. The number of nitrogens with zero attached hydrogens (tertiary/aromatic N) is 8. The van der Waals surface area contributed by atoms with E-state index in [1.807, 2.05) is 99.3 Å². The topological polar surface area (TPSA) is 86.4 Å². The summed E-state index contributed by atoms with van der Waals surface area (Å²) in [5.41, 5.74) is 10.8. The number of anilines is 3. The van der Waals surface area contributed by atoms with Crippen molar-refractivity contribution >= 4 is 60.7 Å². The summed E-state index contributed by atoms with van der Waals surface area (Å²) in [6.45, 7) is 0. The Morgan fingerprint density at radius 2 is 1.00 bits per heavy atom. The van der Waals surface area contributed by atoms with Gasteiger partial charge in [0.25, 0.3) is 0 Å². The minimum Gasteiger partial charge on any atom is -0.457 e. The summed E-state index contributed by atoms with van der Waals surface area (Å²) in [5, 5.41) is 4.61. The maximum absolute atomic E-state index is 6.54. The Kier molecular flexibility index (Phi) is 8.26. The molecule has 10 nitrogen and oxygen atoms in total. The third-order valence-electron chi connectivity index (χ3n) is 11.9. The second-order valence-corrected chi connectivity index (χ2v) is 15.9. The molecule has 1 aliphatic rings. The highest BCUT2D eigenvalue weighted by atomic mass is 16.5. The molecule has 12 rings (SSSR count). The summed E-state index contributed by atoms with van der Waals surface area (Å²) in [5.74, 6) is 4.61. The van der Waals surface area contributed by atoms with E-state index in [1.54, 1.807) is 12.4 Å². The fraction of sp³-hybridized carbons (Fsp3) is 0.0566. The van der Waals surface area contributed by atoms with Gasteiger partial charge in [0.05, 0.1) is 62.9 Å². The molecule has 0 amide bonds. The van der Waals surface area contributed by atoms with Gasteiger partial charge >= 0.3 is 0 Å². The van der Waals surface area contributed by atoms with Gasteiger partial charge in [-0.3, -0.25) is 19.1 Å². The van der Waals surface area contributed by atoms with Crippen molar-refractivity contribution in [2.45, 2.75) is 0 Å². The van der Waals surface area contributed by atoms with Crippen LogP contribution in [0.2, 0.25) is 0 Å². The molecule has 0 fully saturated rings. The summed E-state index contributed by atoms with van der Waals surface area (Å²) in [6.07, 6.45) is 7.29. The van der Waals surface area contributed by atoms with Crippen LogP contribution in [0.15, 0.2) is 176 Å². The number of benzene rings is 6. The third-order valence-corrected chi connectivity index (χ3v) is 11.9. The Morgan fingerprint density at radius 3 is 1.68 bits per heavy atom. The Labute approximate surface area is 362 Å². The Balaban J connectivity index is 0.813. The van der Waals surface area contributed by atoms with Gasteiger partial charge in [0, 0.05) is 78.3 Å². The normalized spacial score (nSPS) is 12.0. The molecule has 0 bridgehead atoms. The largest absolute Gasteiger partial charge is 0.457 e. The number of aromatic nitrogens is 6. The SMILES string of the molecule is CN(C)c1cccnc1-n1c2ccccc2c2ccc(Oc3cccc(-c4cnc(-c5cccc(Oc6ccc7c8cccc9c8n(c7c6)-c6ncccc6N9C)c5)cn4)c3)cc21. The van der Waals surface area contributed by atoms with E-state index in [1.165, 1.54) is 5.39 Å². The van der Waals surface area contributed by atoms with Gasteiger partial charge in [0.1, 0.15) is 23.0 Å². The summed E-state index contributed by atoms with van der Waals surface area (Å²) in [4.78, 5) is 23.6. The van der Waals surface area contributed by atoms with Gasteiger partial charge in [0.2, 0.25) is 0 Å². The van der Waals surface area contributed by atoms with Crippen molar-refractivity contribution in [2.75, 3.05) is 30.9 Å². The second-order valence-electron chi connectivity index (χ2n) is 15.9.